The van der Waals surface area contributed by atoms with Gasteiger partial charge in [0, 0.05) is 35.6 Å². The van der Waals surface area contributed by atoms with Crippen molar-refractivity contribution in [3.05, 3.63) is 52.0 Å². The normalized spacial score (nSPS) is 12.1. The second kappa shape index (κ2) is 13.4. The Labute approximate surface area is 190 Å². The highest BCUT2D eigenvalue weighted by Crippen LogP contribution is 2.28. The zero-order chi connectivity index (χ0) is 22.6. The summed E-state index contributed by atoms with van der Waals surface area (Å²) in [5, 5.41) is 13.8. The van der Waals surface area contributed by atoms with Crippen LogP contribution in [0.15, 0.2) is 35.7 Å². The van der Waals surface area contributed by atoms with Gasteiger partial charge in [0.25, 0.3) is 0 Å². The van der Waals surface area contributed by atoms with Gasteiger partial charge in [-0.3, -0.25) is 4.79 Å². The summed E-state index contributed by atoms with van der Waals surface area (Å²) in [6.07, 6.45) is 7.12. The van der Waals surface area contributed by atoms with E-state index < -0.39 is 0 Å². The number of carbonyl (C=O) groups is 1. The number of aliphatic hydroxyl groups excluding tert-OH is 1. The Bertz CT molecular complexity index is 895. The minimum Gasteiger partial charge on any atom is -0.396 e. The van der Waals surface area contributed by atoms with Crippen molar-refractivity contribution in [2.24, 2.45) is 0 Å². The number of nitrogens with one attached hydrogen (secondary N) is 1. The zero-order valence-electron chi connectivity index (χ0n) is 19.3. The molecule has 0 saturated heterocycles. The summed E-state index contributed by atoms with van der Waals surface area (Å²) in [5.74, 6) is 1.09. The molecule has 0 aliphatic carbocycles. The Morgan fingerprint density at radius 2 is 1.97 bits per heavy atom. The highest BCUT2D eigenvalue weighted by Gasteiger charge is 2.17. The summed E-state index contributed by atoms with van der Waals surface area (Å²) < 4.78 is 2.36. The molecule has 0 aliphatic rings. The van der Waals surface area contributed by atoms with Crippen LogP contribution in [0.25, 0.3) is 11.0 Å². The number of imidazole rings is 1. The van der Waals surface area contributed by atoms with Crippen molar-refractivity contribution in [1.29, 1.82) is 0 Å². The molecule has 0 radical (unpaired) electrons. The molecule has 6 heteroatoms. The maximum absolute atomic E-state index is 11.0. The van der Waals surface area contributed by atoms with Crippen molar-refractivity contribution in [3.63, 3.8) is 0 Å². The molecule has 3 rings (SSSR count). The first-order chi connectivity index (χ1) is 15.1. The molecule has 0 bridgehead atoms. The first-order valence-electron chi connectivity index (χ1n) is 11.4. The van der Waals surface area contributed by atoms with Gasteiger partial charge in [0.05, 0.1) is 11.0 Å². The standard InChI is InChI=1S/C18H20N2OS.C7H17NO/c1-3-14(4-2)20-17-8-7-13(12-21)10-16(17)19-18(20)11-15-6-5-9-22-15;1-3-4-7(8-2)5-6-9/h5-10,12,14H,3-4,11H2,1-2H3;7-9H,3-6H2,1-2H3. The highest BCUT2D eigenvalue weighted by atomic mass is 32.1. The van der Waals surface area contributed by atoms with Crippen LogP contribution in [0.5, 0.6) is 0 Å². The Kier molecular flexibility index (Phi) is 10.9. The zero-order valence-corrected chi connectivity index (χ0v) is 20.1. The van der Waals surface area contributed by atoms with E-state index in [0.29, 0.717) is 24.3 Å². The predicted molar refractivity (Wildman–Crippen MR) is 131 cm³/mol. The summed E-state index contributed by atoms with van der Waals surface area (Å²) in [7, 11) is 1.94. The lowest BCUT2D eigenvalue weighted by molar-refractivity contribution is 0.112. The van der Waals surface area contributed by atoms with Crippen molar-refractivity contribution in [2.75, 3.05) is 13.7 Å². The number of rotatable bonds is 11. The SMILES string of the molecule is CCC(CC)n1c(Cc2cccs2)nc2cc(C=O)ccc21.CCCC(CCO)NC. The average Bonchev–Trinajstić information content (AvgIpc) is 3.43. The lowest BCUT2D eigenvalue weighted by Crippen LogP contribution is -2.25. The lowest BCUT2D eigenvalue weighted by Gasteiger charge is -2.18. The third-order valence-corrected chi connectivity index (χ3v) is 6.54. The van der Waals surface area contributed by atoms with Crippen LogP contribution < -0.4 is 5.32 Å². The van der Waals surface area contributed by atoms with E-state index in [1.54, 1.807) is 11.3 Å². The number of aldehydes is 1. The fourth-order valence-electron chi connectivity index (χ4n) is 3.93. The van der Waals surface area contributed by atoms with Crippen molar-refractivity contribution >= 4 is 28.7 Å². The van der Waals surface area contributed by atoms with Crippen molar-refractivity contribution in [3.8, 4) is 0 Å². The van der Waals surface area contributed by atoms with Gasteiger partial charge in [0.15, 0.2) is 0 Å². The number of hydrogen-bond acceptors (Lipinski definition) is 5. The van der Waals surface area contributed by atoms with Gasteiger partial charge in [0.2, 0.25) is 0 Å². The highest BCUT2D eigenvalue weighted by molar-refractivity contribution is 7.09. The maximum Gasteiger partial charge on any atom is 0.150 e. The quantitative estimate of drug-likeness (QED) is 0.378. The molecule has 3 aromatic rings. The molecule has 1 atom stereocenters. The summed E-state index contributed by atoms with van der Waals surface area (Å²) in [6, 6.07) is 11.0. The monoisotopic (exact) mass is 443 g/mol. The summed E-state index contributed by atoms with van der Waals surface area (Å²) in [5.41, 5.74) is 2.73. The van der Waals surface area contributed by atoms with Crippen LogP contribution in [0.2, 0.25) is 0 Å². The summed E-state index contributed by atoms with van der Waals surface area (Å²) in [4.78, 5) is 17.2. The van der Waals surface area contributed by atoms with E-state index in [4.69, 9.17) is 10.1 Å². The number of aliphatic hydroxyl groups is 1. The van der Waals surface area contributed by atoms with Gasteiger partial charge in [-0.05, 0) is 62.4 Å². The molecule has 2 heterocycles. The van der Waals surface area contributed by atoms with Gasteiger partial charge in [-0.1, -0.05) is 33.3 Å². The van der Waals surface area contributed by atoms with Crippen LogP contribution in [0.1, 0.15) is 80.0 Å². The molecule has 31 heavy (non-hydrogen) atoms. The fraction of sp³-hybridized carbons (Fsp3) is 0.520. The van der Waals surface area contributed by atoms with Gasteiger partial charge in [0.1, 0.15) is 12.1 Å². The predicted octanol–water partition coefficient (Wildman–Crippen LogP) is 5.62. The third-order valence-electron chi connectivity index (χ3n) is 5.67. The molecular weight excluding hydrogens is 406 g/mol. The topological polar surface area (TPSA) is 67.2 Å². The van der Waals surface area contributed by atoms with Crippen molar-refractivity contribution in [1.82, 2.24) is 14.9 Å². The van der Waals surface area contributed by atoms with Crippen LogP contribution in [0.3, 0.4) is 0 Å². The molecule has 1 unspecified atom stereocenters. The van der Waals surface area contributed by atoms with Crippen LogP contribution >= 0.6 is 11.3 Å². The van der Waals surface area contributed by atoms with Crippen molar-refractivity contribution in [2.45, 2.75) is 71.4 Å². The Balaban J connectivity index is 0.000000323. The molecule has 2 aromatic heterocycles. The number of aromatic nitrogens is 2. The van der Waals surface area contributed by atoms with E-state index in [9.17, 15) is 4.79 Å². The number of carbonyl (C=O) groups excluding carboxylic acids is 1. The number of thiophene rings is 1. The van der Waals surface area contributed by atoms with Crippen LogP contribution in [0, 0.1) is 0 Å². The van der Waals surface area contributed by atoms with E-state index >= 15 is 0 Å². The van der Waals surface area contributed by atoms with E-state index in [2.05, 4.69) is 48.2 Å². The molecule has 0 amide bonds. The molecular formula is C25H37N3O2S. The van der Waals surface area contributed by atoms with Gasteiger partial charge in [-0.2, -0.15) is 0 Å². The molecule has 5 nitrogen and oxygen atoms in total. The third kappa shape index (κ3) is 6.99. The number of hydrogen-bond donors (Lipinski definition) is 2. The summed E-state index contributed by atoms with van der Waals surface area (Å²) in [6.45, 7) is 6.89. The van der Waals surface area contributed by atoms with Crippen LogP contribution in [-0.2, 0) is 6.42 Å². The minimum absolute atomic E-state index is 0.297. The molecule has 0 aliphatic heterocycles. The lowest BCUT2D eigenvalue weighted by atomic mass is 10.1. The minimum atomic E-state index is 0.297. The Morgan fingerprint density at radius 1 is 1.19 bits per heavy atom. The van der Waals surface area contributed by atoms with E-state index in [1.165, 1.54) is 11.3 Å². The van der Waals surface area contributed by atoms with E-state index in [1.807, 2.05) is 25.2 Å². The molecule has 0 fully saturated rings. The molecule has 0 spiro atoms. The van der Waals surface area contributed by atoms with Gasteiger partial charge < -0.3 is 15.0 Å². The molecule has 0 saturated carbocycles. The molecule has 1 aromatic carbocycles. The van der Waals surface area contributed by atoms with Gasteiger partial charge >= 0.3 is 0 Å². The second-order valence-electron chi connectivity index (χ2n) is 7.78. The second-order valence-corrected chi connectivity index (χ2v) is 8.81. The van der Waals surface area contributed by atoms with Gasteiger partial charge in [-0.15, -0.1) is 11.3 Å². The first-order valence-corrected chi connectivity index (χ1v) is 12.3. The fourth-order valence-corrected chi connectivity index (χ4v) is 4.63. The van der Waals surface area contributed by atoms with E-state index in [-0.39, 0.29) is 0 Å². The smallest absolute Gasteiger partial charge is 0.150 e. The number of benzene rings is 1. The van der Waals surface area contributed by atoms with Crippen LogP contribution in [-0.4, -0.2) is 40.6 Å². The number of fused-ring (bicyclic) bond motifs is 1. The Morgan fingerprint density at radius 3 is 2.52 bits per heavy atom. The Hall–Kier alpha value is -2.02. The van der Waals surface area contributed by atoms with E-state index in [0.717, 1.165) is 55.2 Å². The van der Waals surface area contributed by atoms with Crippen LogP contribution in [0.4, 0.5) is 0 Å². The molecule has 2 N–H and O–H groups in total. The largest absolute Gasteiger partial charge is 0.396 e. The number of nitrogens with zero attached hydrogens (tertiary/aromatic N) is 2. The molecule has 170 valence electrons. The first kappa shape index (κ1) is 25.2. The van der Waals surface area contributed by atoms with Gasteiger partial charge in [-0.25, -0.2) is 4.98 Å². The van der Waals surface area contributed by atoms with Crippen molar-refractivity contribution < 1.29 is 9.90 Å². The maximum atomic E-state index is 11.0. The summed E-state index contributed by atoms with van der Waals surface area (Å²) >= 11 is 1.76. The average molecular weight is 444 g/mol.